The highest BCUT2D eigenvalue weighted by atomic mass is 35.5. The van der Waals surface area contributed by atoms with Crippen molar-refractivity contribution in [2.75, 3.05) is 0 Å². The van der Waals surface area contributed by atoms with Gasteiger partial charge in [-0.15, -0.1) is 0 Å². The molecule has 1 unspecified atom stereocenters. The molecule has 106 valence electrons. The number of nitriles is 1. The van der Waals surface area contributed by atoms with Gasteiger partial charge in [0.2, 0.25) is 0 Å². The Hall–Kier alpha value is -1.96. The van der Waals surface area contributed by atoms with Gasteiger partial charge >= 0.3 is 0 Å². The minimum Gasteiger partial charge on any atom is -0.292 e. The summed E-state index contributed by atoms with van der Waals surface area (Å²) in [6.45, 7) is 0. The number of rotatable bonds is 3. The van der Waals surface area contributed by atoms with E-state index in [1.807, 2.05) is 0 Å². The third-order valence-corrected chi connectivity index (χ3v) is 3.44. The van der Waals surface area contributed by atoms with Crippen LogP contribution in [0.25, 0.3) is 0 Å². The molecule has 2 rings (SSSR count). The smallest absolute Gasteiger partial charge is 0.187 e. The average Bonchev–Trinajstić information content (AvgIpc) is 2.45. The second kappa shape index (κ2) is 6.21. The van der Waals surface area contributed by atoms with Crippen molar-refractivity contribution in [1.82, 2.24) is 0 Å². The molecule has 0 bridgehead atoms. The van der Waals surface area contributed by atoms with E-state index in [0.717, 1.165) is 18.2 Å². The van der Waals surface area contributed by atoms with E-state index >= 15 is 0 Å². The maximum atomic E-state index is 13.8. The number of hydrogen-bond acceptors (Lipinski definition) is 2. The van der Waals surface area contributed by atoms with Gasteiger partial charge in [0.25, 0.3) is 0 Å². The molecular formula is C15H7Cl2F2NO. The Morgan fingerprint density at radius 2 is 1.86 bits per heavy atom. The SMILES string of the molecule is N#CC(C(=O)c1cc(Cl)ccc1F)c1c(F)cccc1Cl. The second-order valence-corrected chi connectivity index (χ2v) is 5.03. The van der Waals surface area contributed by atoms with Crippen molar-refractivity contribution in [1.29, 1.82) is 5.26 Å². The minimum absolute atomic E-state index is 0.0719. The fraction of sp³-hybridized carbons (Fsp3) is 0.0667. The predicted octanol–water partition coefficient (Wildman–Crippen LogP) is 4.76. The fourth-order valence-corrected chi connectivity index (χ4v) is 2.33. The van der Waals surface area contributed by atoms with E-state index in [0.29, 0.717) is 0 Å². The summed E-state index contributed by atoms with van der Waals surface area (Å²) in [7, 11) is 0. The lowest BCUT2D eigenvalue weighted by Gasteiger charge is -2.12. The van der Waals surface area contributed by atoms with Gasteiger partial charge in [0.15, 0.2) is 5.78 Å². The van der Waals surface area contributed by atoms with Gasteiger partial charge in [-0.05, 0) is 30.3 Å². The monoisotopic (exact) mass is 325 g/mol. The summed E-state index contributed by atoms with van der Waals surface area (Å²) in [5.41, 5.74) is -0.653. The summed E-state index contributed by atoms with van der Waals surface area (Å²) in [5, 5.41) is 9.23. The molecule has 0 saturated heterocycles. The number of ketones is 1. The molecule has 2 aromatic rings. The van der Waals surface area contributed by atoms with Crippen molar-refractivity contribution in [2.45, 2.75) is 5.92 Å². The van der Waals surface area contributed by atoms with Crippen LogP contribution in [-0.4, -0.2) is 5.78 Å². The topological polar surface area (TPSA) is 40.9 Å². The van der Waals surface area contributed by atoms with E-state index in [9.17, 15) is 13.6 Å². The zero-order valence-corrected chi connectivity index (χ0v) is 11.9. The Kier molecular flexibility index (Phi) is 4.56. The Morgan fingerprint density at radius 1 is 1.14 bits per heavy atom. The van der Waals surface area contributed by atoms with Gasteiger partial charge in [0.1, 0.15) is 17.6 Å². The van der Waals surface area contributed by atoms with Crippen molar-refractivity contribution < 1.29 is 13.6 Å². The predicted molar refractivity (Wildman–Crippen MR) is 75.5 cm³/mol. The maximum absolute atomic E-state index is 13.8. The number of nitrogens with zero attached hydrogens (tertiary/aromatic N) is 1. The number of Topliss-reactive ketones (excluding diaryl/α,β-unsaturated/α-hetero) is 1. The van der Waals surface area contributed by atoms with Crippen LogP contribution in [-0.2, 0) is 0 Å². The summed E-state index contributed by atoms with van der Waals surface area (Å²) in [6, 6.07) is 8.81. The van der Waals surface area contributed by atoms with Gasteiger partial charge in [-0.1, -0.05) is 29.3 Å². The zero-order valence-electron chi connectivity index (χ0n) is 10.4. The lowest BCUT2D eigenvalue weighted by atomic mass is 9.91. The first kappa shape index (κ1) is 15.4. The van der Waals surface area contributed by atoms with E-state index in [2.05, 4.69) is 0 Å². The molecule has 0 aromatic heterocycles. The molecule has 21 heavy (non-hydrogen) atoms. The molecule has 1 atom stereocenters. The zero-order chi connectivity index (χ0) is 15.6. The molecule has 0 N–H and O–H groups in total. The normalized spacial score (nSPS) is 11.8. The molecule has 0 heterocycles. The van der Waals surface area contributed by atoms with Crippen LogP contribution in [0.4, 0.5) is 8.78 Å². The lowest BCUT2D eigenvalue weighted by Crippen LogP contribution is -2.15. The van der Waals surface area contributed by atoms with E-state index in [-0.39, 0.29) is 21.2 Å². The van der Waals surface area contributed by atoms with Crippen molar-refractivity contribution in [2.24, 2.45) is 0 Å². The summed E-state index contributed by atoms with van der Waals surface area (Å²) in [6.07, 6.45) is 0. The average molecular weight is 326 g/mol. The molecule has 0 amide bonds. The highest BCUT2D eigenvalue weighted by molar-refractivity contribution is 6.32. The van der Waals surface area contributed by atoms with E-state index in [1.165, 1.54) is 18.2 Å². The van der Waals surface area contributed by atoms with Gasteiger partial charge in [-0.3, -0.25) is 4.79 Å². The molecule has 0 fully saturated rings. The Balaban J connectivity index is 2.55. The Labute approximate surface area is 129 Å². The molecule has 2 nitrogen and oxygen atoms in total. The van der Waals surface area contributed by atoms with Gasteiger partial charge in [-0.25, -0.2) is 8.78 Å². The summed E-state index contributed by atoms with van der Waals surface area (Å²) < 4.78 is 27.6. The molecular weight excluding hydrogens is 319 g/mol. The standard InChI is InChI=1S/C15H7Cl2F2NO/c16-8-4-5-12(18)9(6-8)15(21)10(7-20)14-11(17)2-1-3-13(14)19/h1-6,10H. The molecule has 0 aliphatic heterocycles. The third kappa shape index (κ3) is 3.05. The number of carbonyl (C=O) groups is 1. The molecule has 0 radical (unpaired) electrons. The van der Waals surface area contributed by atoms with Crippen LogP contribution in [0.5, 0.6) is 0 Å². The van der Waals surface area contributed by atoms with E-state index < -0.39 is 23.3 Å². The van der Waals surface area contributed by atoms with Crippen LogP contribution in [0, 0.1) is 23.0 Å². The first-order valence-corrected chi connectivity index (χ1v) is 6.54. The number of carbonyl (C=O) groups excluding carboxylic acids is 1. The van der Waals surface area contributed by atoms with E-state index in [4.69, 9.17) is 28.5 Å². The van der Waals surface area contributed by atoms with Crippen molar-refractivity contribution in [3.63, 3.8) is 0 Å². The molecule has 2 aromatic carbocycles. The highest BCUT2D eigenvalue weighted by Crippen LogP contribution is 2.30. The van der Waals surface area contributed by atoms with Crippen molar-refractivity contribution in [3.05, 3.63) is 69.2 Å². The second-order valence-electron chi connectivity index (χ2n) is 4.19. The van der Waals surface area contributed by atoms with Crippen molar-refractivity contribution in [3.8, 4) is 6.07 Å². The first-order chi connectivity index (χ1) is 9.95. The molecule has 0 aliphatic carbocycles. The molecule has 6 heteroatoms. The minimum atomic E-state index is -1.55. The largest absolute Gasteiger partial charge is 0.292 e. The molecule has 0 saturated carbocycles. The molecule has 0 spiro atoms. The Bertz CT molecular complexity index is 736. The van der Waals surface area contributed by atoms with Crippen LogP contribution in [0.2, 0.25) is 10.0 Å². The number of benzene rings is 2. The first-order valence-electron chi connectivity index (χ1n) is 5.78. The summed E-state index contributed by atoms with van der Waals surface area (Å²) in [5.74, 6) is -4.09. The summed E-state index contributed by atoms with van der Waals surface area (Å²) in [4.78, 5) is 12.3. The number of hydrogen-bond donors (Lipinski definition) is 0. The van der Waals surface area contributed by atoms with Gasteiger partial charge < -0.3 is 0 Å². The van der Waals surface area contributed by atoms with Gasteiger partial charge in [0, 0.05) is 15.6 Å². The van der Waals surface area contributed by atoms with Crippen LogP contribution >= 0.6 is 23.2 Å². The Morgan fingerprint density at radius 3 is 2.48 bits per heavy atom. The molecule has 0 aliphatic rings. The van der Waals surface area contributed by atoms with Crippen molar-refractivity contribution >= 4 is 29.0 Å². The van der Waals surface area contributed by atoms with Gasteiger partial charge in [0.05, 0.1) is 11.6 Å². The third-order valence-electron chi connectivity index (χ3n) is 2.87. The lowest BCUT2D eigenvalue weighted by molar-refractivity contribution is 0.0973. The summed E-state index contributed by atoms with van der Waals surface area (Å²) >= 11 is 11.6. The fourth-order valence-electron chi connectivity index (χ4n) is 1.88. The van der Waals surface area contributed by atoms with Crippen LogP contribution < -0.4 is 0 Å². The number of halogens is 4. The van der Waals surface area contributed by atoms with E-state index in [1.54, 1.807) is 6.07 Å². The maximum Gasteiger partial charge on any atom is 0.187 e. The highest BCUT2D eigenvalue weighted by Gasteiger charge is 2.28. The van der Waals surface area contributed by atoms with Crippen LogP contribution in [0.1, 0.15) is 21.8 Å². The van der Waals surface area contributed by atoms with Crippen LogP contribution in [0.3, 0.4) is 0 Å². The quantitative estimate of drug-likeness (QED) is 0.763. The van der Waals surface area contributed by atoms with Gasteiger partial charge in [-0.2, -0.15) is 5.26 Å². The van der Waals surface area contributed by atoms with Crippen LogP contribution in [0.15, 0.2) is 36.4 Å².